The zero-order chi connectivity index (χ0) is 12.8. The number of carbonyl (C=O) groups excluding carboxylic acids is 1. The zero-order valence-electron chi connectivity index (χ0n) is 10.6. The van der Waals surface area contributed by atoms with Gasteiger partial charge in [-0.05, 0) is 36.1 Å². The summed E-state index contributed by atoms with van der Waals surface area (Å²) in [5, 5.41) is 0.737. The van der Waals surface area contributed by atoms with Gasteiger partial charge < -0.3 is 4.74 Å². The fourth-order valence-electron chi connectivity index (χ4n) is 1.50. The molecule has 0 aliphatic carbocycles. The largest absolute Gasteiger partial charge is 0.376 e. The average Bonchev–Trinajstić information content (AvgIpc) is 2.23. The molecule has 2 nitrogen and oxygen atoms in total. The minimum Gasteiger partial charge on any atom is -0.376 e. The smallest absolute Gasteiger partial charge is 0.132 e. The Labute approximate surface area is 108 Å². The number of benzene rings is 1. The number of ether oxygens (including phenoxy) is 1. The molecule has 17 heavy (non-hydrogen) atoms. The Morgan fingerprint density at radius 3 is 2.65 bits per heavy atom. The predicted octanol–water partition coefficient (Wildman–Crippen LogP) is 3.96. The van der Waals surface area contributed by atoms with Crippen molar-refractivity contribution < 1.29 is 9.53 Å². The molecule has 0 heterocycles. The summed E-state index contributed by atoms with van der Waals surface area (Å²) in [7, 11) is 0. The number of hydrogen-bond donors (Lipinski definition) is 0. The maximum Gasteiger partial charge on any atom is 0.132 e. The van der Waals surface area contributed by atoms with Gasteiger partial charge in [-0.1, -0.05) is 31.5 Å². The van der Waals surface area contributed by atoms with E-state index in [-0.39, 0.29) is 5.78 Å². The molecule has 1 aromatic rings. The first-order valence-electron chi connectivity index (χ1n) is 5.85. The van der Waals surface area contributed by atoms with Crippen molar-refractivity contribution >= 4 is 17.4 Å². The lowest BCUT2D eigenvalue weighted by Gasteiger charge is -2.10. The van der Waals surface area contributed by atoms with Crippen molar-refractivity contribution in [3.05, 3.63) is 34.3 Å². The van der Waals surface area contributed by atoms with Gasteiger partial charge in [-0.25, -0.2) is 0 Å². The van der Waals surface area contributed by atoms with E-state index < -0.39 is 0 Å². The third-order valence-electron chi connectivity index (χ3n) is 2.51. The Hall–Kier alpha value is -0.860. The van der Waals surface area contributed by atoms with E-state index in [4.69, 9.17) is 16.3 Å². The molecule has 0 saturated heterocycles. The number of halogens is 1. The lowest BCUT2D eigenvalue weighted by Crippen LogP contribution is -2.01. The topological polar surface area (TPSA) is 26.3 Å². The van der Waals surface area contributed by atoms with Crippen molar-refractivity contribution in [3.8, 4) is 0 Å². The molecule has 0 amide bonds. The first-order valence-corrected chi connectivity index (χ1v) is 6.23. The predicted molar refractivity (Wildman–Crippen MR) is 70.5 cm³/mol. The Balaban J connectivity index is 2.55. The molecule has 0 N–H and O–H groups in total. The van der Waals surface area contributed by atoms with E-state index in [1.807, 2.05) is 12.1 Å². The molecule has 0 atom stereocenters. The van der Waals surface area contributed by atoms with Crippen LogP contribution in [0.5, 0.6) is 0 Å². The normalized spacial score (nSPS) is 10.9. The van der Waals surface area contributed by atoms with Gasteiger partial charge in [-0.3, -0.25) is 4.79 Å². The molecule has 0 unspecified atom stereocenters. The van der Waals surface area contributed by atoms with Gasteiger partial charge in [0.2, 0.25) is 0 Å². The van der Waals surface area contributed by atoms with Crippen molar-refractivity contribution in [1.29, 1.82) is 0 Å². The highest BCUT2D eigenvalue weighted by molar-refractivity contribution is 6.30. The number of Topliss-reactive ketones (excluding diaryl/α,β-unsaturated/α-hetero) is 1. The van der Waals surface area contributed by atoms with E-state index in [2.05, 4.69) is 19.9 Å². The van der Waals surface area contributed by atoms with Gasteiger partial charge in [-0.2, -0.15) is 0 Å². The molecule has 0 fully saturated rings. The van der Waals surface area contributed by atoms with Gasteiger partial charge in [-0.15, -0.1) is 0 Å². The molecule has 3 heteroatoms. The van der Waals surface area contributed by atoms with E-state index in [9.17, 15) is 4.79 Å². The van der Waals surface area contributed by atoms with Gasteiger partial charge in [0.25, 0.3) is 0 Å². The molecule has 0 aliphatic heterocycles. The third kappa shape index (κ3) is 5.33. The van der Waals surface area contributed by atoms with Crippen LogP contribution in [0.25, 0.3) is 0 Å². The standard InChI is InChI=1S/C14H19ClO2/c1-10(2)13-6-12(7-14(15)8-13)9-17-5-4-11(3)16/h6-8,10H,4-5,9H2,1-3H3. The summed E-state index contributed by atoms with van der Waals surface area (Å²) < 4.78 is 5.44. The van der Waals surface area contributed by atoms with Crippen LogP contribution in [0.15, 0.2) is 18.2 Å². The van der Waals surface area contributed by atoms with Crippen LogP contribution in [0.1, 0.15) is 44.2 Å². The SMILES string of the molecule is CC(=O)CCOCc1cc(Cl)cc(C(C)C)c1. The van der Waals surface area contributed by atoms with E-state index >= 15 is 0 Å². The summed E-state index contributed by atoms with van der Waals surface area (Å²) >= 11 is 6.05. The minimum atomic E-state index is 0.152. The molecule has 0 aliphatic rings. The van der Waals surface area contributed by atoms with Gasteiger partial charge in [0.05, 0.1) is 13.2 Å². The molecule has 0 bridgehead atoms. The summed E-state index contributed by atoms with van der Waals surface area (Å²) in [6.07, 6.45) is 0.470. The van der Waals surface area contributed by atoms with Gasteiger partial charge in [0, 0.05) is 11.4 Å². The third-order valence-corrected chi connectivity index (χ3v) is 2.73. The van der Waals surface area contributed by atoms with Crippen LogP contribution >= 0.6 is 11.6 Å². The summed E-state index contributed by atoms with van der Waals surface area (Å²) in [5.74, 6) is 0.601. The molecule has 1 aromatic carbocycles. The van der Waals surface area contributed by atoms with Crippen LogP contribution in [-0.4, -0.2) is 12.4 Å². The number of hydrogen-bond acceptors (Lipinski definition) is 2. The van der Waals surface area contributed by atoms with Crippen LogP contribution in [0.2, 0.25) is 5.02 Å². The first-order chi connectivity index (χ1) is 7.99. The van der Waals surface area contributed by atoms with Crippen molar-refractivity contribution in [1.82, 2.24) is 0 Å². The van der Waals surface area contributed by atoms with E-state index in [1.54, 1.807) is 6.92 Å². The molecule has 0 saturated carbocycles. The number of rotatable bonds is 6. The Kier molecular flexibility index (Phi) is 5.66. The Morgan fingerprint density at radius 1 is 1.35 bits per heavy atom. The molecule has 94 valence electrons. The summed E-state index contributed by atoms with van der Waals surface area (Å²) in [4.78, 5) is 10.8. The summed E-state index contributed by atoms with van der Waals surface area (Å²) in [6.45, 7) is 6.81. The summed E-state index contributed by atoms with van der Waals surface area (Å²) in [5.41, 5.74) is 2.27. The first kappa shape index (κ1) is 14.2. The molecule has 0 spiro atoms. The minimum absolute atomic E-state index is 0.152. The fourth-order valence-corrected chi connectivity index (χ4v) is 1.76. The van der Waals surface area contributed by atoms with Crippen molar-refractivity contribution in [3.63, 3.8) is 0 Å². The zero-order valence-corrected chi connectivity index (χ0v) is 11.4. The van der Waals surface area contributed by atoms with Gasteiger partial charge in [0.15, 0.2) is 0 Å². The average molecular weight is 255 g/mol. The lowest BCUT2D eigenvalue weighted by atomic mass is 10.0. The van der Waals surface area contributed by atoms with Crippen LogP contribution in [0.3, 0.4) is 0 Å². The second kappa shape index (κ2) is 6.77. The molecular weight excluding hydrogens is 236 g/mol. The van der Waals surface area contributed by atoms with E-state index in [0.29, 0.717) is 25.6 Å². The van der Waals surface area contributed by atoms with E-state index in [0.717, 1.165) is 10.6 Å². The highest BCUT2D eigenvalue weighted by Crippen LogP contribution is 2.22. The number of carbonyl (C=O) groups is 1. The van der Waals surface area contributed by atoms with Crippen molar-refractivity contribution in [2.75, 3.05) is 6.61 Å². The van der Waals surface area contributed by atoms with Crippen LogP contribution in [0, 0.1) is 0 Å². The second-order valence-electron chi connectivity index (χ2n) is 4.55. The molecule has 0 radical (unpaired) electrons. The molecule has 1 rings (SSSR count). The fraction of sp³-hybridized carbons (Fsp3) is 0.500. The Bertz CT molecular complexity index is 386. The van der Waals surface area contributed by atoms with E-state index in [1.165, 1.54) is 5.56 Å². The molecular formula is C14H19ClO2. The van der Waals surface area contributed by atoms with Gasteiger partial charge >= 0.3 is 0 Å². The highest BCUT2D eigenvalue weighted by Gasteiger charge is 2.04. The lowest BCUT2D eigenvalue weighted by molar-refractivity contribution is -0.118. The van der Waals surface area contributed by atoms with Crippen LogP contribution in [-0.2, 0) is 16.1 Å². The summed E-state index contributed by atoms with van der Waals surface area (Å²) in [6, 6.07) is 5.98. The van der Waals surface area contributed by atoms with Crippen molar-refractivity contribution in [2.24, 2.45) is 0 Å². The maximum absolute atomic E-state index is 10.8. The monoisotopic (exact) mass is 254 g/mol. The molecule has 0 aromatic heterocycles. The Morgan fingerprint density at radius 2 is 2.06 bits per heavy atom. The highest BCUT2D eigenvalue weighted by atomic mass is 35.5. The second-order valence-corrected chi connectivity index (χ2v) is 4.99. The maximum atomic E-state index is 10.8. The van der Waals surface area contributed by atoms with Crippen LogP contribution < -0.4 is 0 Å². The van der Waals surface area contributed by atoms with Crippen LogP contribution in [0.4, 0.5) is 0 Å². The number of ketones is 1. The van der Waals surface area contributed by atoms with Crippen molar-refractivity contribution in [2.45, 2.75) is 39.7 Å². The van der Waals surface area contributed by atoms with Gasteiger partial charge in [0.1, 0.15) is 5.78 Å². The quantitative estimate of drug-likeness (QED) is 0.719.